The highest BCUT2D eigenvalue weighted by atomic mass is 35.5. The number of thioether (sulfide) groups is 1. The van der Waals surface area contributed by atoms with E-state index in [-0.39, 0.29) is 37.3 Å². The molecule has 0 bridgehead atoms. The van der Waals surface area contributed by atoms with Gasteiger partial charge < -0.3 is 15.5 Å². The number of nitrogens with one attached hydrogen (secondary N) is 1. The number of nitrogens with two attached hydrogens (primary N) is 1. The first kappa shape index (κ1) is 21.9. The summed E-state index contributed by atoms with van der Waals surface area (Å²) in [5, 5.41) is 2.98. The Balaban J connectivity index is 0.00000156. The maximum absolute atomic E-state index is 12.4. The second-order valence-corrected chi connectivity index (χ2v) is 6.73. The van der Waals surface area contributed by atoms with E-state index in [1.54, 1.807) is 6.07 Å². The number of furan rings is 1. The maximum Gasteiger partial charge on any atom is 0.258 e. The zero-order valence-corrected chi connectivity index (χ0v) is 16.2. The summed E-state index contributed by atoms with van der Waals surface area (Å²) in [6.07, 6.45) is 1.45. The van der Waals surface area contributed by atoms with E-state index in [9.17, 15) is 4.79 Å². The number of nitrogens with zero attached hydrogens (tertiary/aromatic N) is 1. The number of carbonyl (C=O) groups is 1. The van der Waals surface area contributed by atoms with E-state index >= 15 is 0 Å². The van der Waals surface area contributed by atoms with Crippen molar-refractivity contribution in [3.63, 3.8) is 0 Å². The van der Waals surface area contributed by atoms with E-state index in [1.165, 1.54) is 17.8 Å². The lowest BCUT2D eigenvalue weighted by Crippen LogP contribution is -2.32. The van der Waals surface area contributed by atoms with Crippen LogP contribution < -0.4 is 11.1 Å². The maximum atomic E-state index is 12.4. The summed E-state index contributed by atoms with van der Waals surface area (Å²) >= 11 is 1.99. The van der Waals surface area contributed by atoms with Crippen molar-refractivity contribution < 1.29 is 9.21 Å². The van der Waals surface area contributed by atoms with Crippen molar-refractivity contribution in [2.45, 2.75) is 13.1 Å². The number of benzene rings is 1. The van der Waals surface area contributed by atoms with Crippen LogP contribution in [0.3, 0.4) is 0 Å². The molecule has 5 nitrogen and oxygen atoms in total. The van der Waals surface area contributed by atoms with Crippen molar-refractivity contribution in [1.29, 1.82) is 0 Å². The quantitative estimate of drug-likeness (QED) is 0.800. The summed E-state index contributed by atoms with van der Waals surface area (Å²) in [6.45, 7) is 3.33. The number of carbonyl (C=O) groups excluding carboxylic acids is 1. The Kier molecular flexibility index (Phi) is 9.38. The van der Waals surface area contributed by atoms with Gasteiger partial charge in [-0.15, -0.1) is 24.8 Å². The van der Waals surface area contributed by atoms with E-state index in [0.29, 0.717) is 11.3 Å². The molecule has 1 saturated heterocycles. The Labute approximate surface area is 164 Å². The van der Waals surface area contributed by atoms with Gasteiger partial charge in [-0.1, -0.05) is 18.2 Å². The minimum Gasteiger partial charge on any atom is -0.467 e. The molecule has 0 radical (unpaired) electrons. The average molecular weight is 404 g/mol. The van der Waals surface area contributed by atoms with E-state index in [2.05, 4.69) is 16.3 Å². The molecule has 8 heteroatoms. The first-order chi connectivity index (χ1) is 11.3. The number of hydrogen-bond donors (Lipinski definition) is 2. The lowest BCUT2D eigenvalue weighted by Gasteiger charge is -2.27. The van der Waals surface area contributed by atoms with Gasteiger partial charge in [0, 0.05) is 36.8 Å². The van der Waals surface area contributed by atoms with Gasteiger partial charge in [0.25, 0.3) is 5.91 Å². The van der Waals surface area contributed by atoms with Crippen LogP contribution in [0.1, 0.15) is 21.7 Å². The molecule has 0 spiro atoms. The molecule has 3 N–H and O–H groups in total. The predicted octanol–water partition coefficient (Wildman–Crippen LogP) is 3.38. The van der Waals surface area contributed by atoms with Crippen molar-refractivity contribution in [3.8, 4) is 0 Å². The van der Waals surface area contributed by atoms with Gasteiger partial charge in [0.15, 0.2) is 0 Å². The molecule has 0 saturated carbocycles. The smallest absolute Gasteiger partial charge is 0.258 e. The van der Waals surface area contributed by atoms with Gasteiger partial charge in [0.05, 0.1) is 12.1 Å². The Morgan fingerprint density at radius 1 is 1.24 bits per heavy atom. The Morgan fingerprint density at radius 2 is 1.96 bits per heavy atom. The number of amides is 1. The first-order valence-corrected chi connectivity index (χ1v) is 8.88. The molecule has 1 amide bonds. The van der Waals surface area contributed by atoms with Crippen LogP contribution >= 0.6 is 36.6 Å². The van der Waals surface area contributed by atoms with Crippen LogP contribution in [0.2, 0.25) is 0 Å². The summed E-state index contributed by atoms with van der Waals surface area (Å²) < 4.78 is 5.23. The molecule has 1 aliphatic heterocycles. The Morgan fingerprint density at radius 3 is 2.64 bits per heavy atom. The Hall–Kier alpha value is -1.18. The highest BCUT2D eigenvalue weighted by Crippen LogP contribution is 2.20. The standard InChI is InChI=1S/C17H21N3O2S.2ClH/c18-10-15-9-14(12-22-15)17(21)19-16-4-2-1-3-13(16)11-20-5-7-23-8-6-20;;/h1-4,9,12H,5-8,10-11,18H2,(H,19,21);2*1H. The summed E-state index contributed by atoms with van der Waals surface area (Å²) in [6, 6.07) is 9.63. The molecule has 1 aliphatic rings. The normalized spacial score (nSPS) is 14.3. The molecular formula is C17H23Cl2N3O2S. The van der Waals surface area contributed by atoms with Crippen LogP contribution in [0.4, 0.5) is 5.69 Å². The van der Waals surface area contributed by atoms with Gasteiger partial charge in [0.2, 0.25) is 0 Å². The molecule has 2 aromatic rings. The van der Waals surface area contributed by atoms with Gasteiger partial charge in [-0.2, -0.15) is 11.8 Å². The lowest BCUT2D eigenvalue weighted by atomic mass is 10.1. The van der Waals surface area contributed by atoms with Crippen LogP contribution in [-0.4, -0.2) is 35.4 Å². The van der Waals surface area contributed by atoms with Crippen LogP contribution in [0, 0.1) is 0 Å². The molecule has 1 fully saturated rings. The van der Waals surface area contributed by atoms with Gasteiger partial charge in [-0.05, 0) is 17.7 Å². The number of rotatable bonds is 5. The van der Waals surface area contributed by atoms with Gasteiger partial charge in [-0.3, -0.25) is 9.69 Å². The minimum absolute atomic E-state index is 0. The predicted molar refractivity (Wildman–Crippen MR) is 108 cm³/mol. The molecule has 1 aromatic carbocycles. The third-order valence-electron chi connectivity index (χ3n) is 3.88. The van der Waals surface area contributed by atoms with Gasteiger partial charge >= 0.3 is 0 Å². The molecule has 0 atom stereocenters. The fourth-order valence-corrected chi connectivity index (χ4v) is 3.56. The van der Waals surface area contributed by atoms with E-state index in [0.717, 1.165) is 30.9 Å². The largest absolute Gasteiger partial charge is 0.467 e. The number of halogens is 2. The number of anilines is 1. The number of hydrogen-bond acceptors (Lipinski definition) is 5. The van der Waals surface area contributed by atoms with Crippen molar-refractivity contribution in [3.05, 3.63) is 53.5 Å². The van der Waals surface area contributed by atoms with E-state index < -0.39 is 0 Å². The lowest BCUT2D eigenvalue weighted by molar-refractivity contribution is 0.102. The molecule has 1 aromatic heterocycles. The van der Waals surface area contributed by atoms with Crippen molar-refractivity contribution in [2.24, 2.45) is 5.73 Å². The molecule has 3 rings (SSSR count). The summed E-state index contributed by atoms with van der Waals surface area (Å²) in [4.78, 5) is 14.8. The summed E-state index contributed by atoms with van der Waals surface area (Å²) in [5.41, 5.74) is 7.99. The van der Waals surface area contributed by atoms with E-state index in [4.69, 9.17) is 10.2 Å². The molecule has 25 heavy (non-hydrogen) atoms. The van der Waals surface area contributed by atoms with Crippen LogP contribution in [0.5, 0.6) is 0 Å². The zero-order chi connectivity index (χ0) is 16.1. The second-order valence-electron chi connectivity index (χ2n) is 5.51. The minimum atomic E-state index is -0.171. The van der Waals surface area contributed by atoms with Gasteiger partial charge in [-0.25, -0.2) is 0 Å². The van der Waals surface area contributed by atoms with Crippen molar-refractivity contribution in [1.82, 2.24) is 4.90 Å². The highest BCUT2D eigenvalue weighted by molar-refractivity contribution is 7.99. The van der Waals surface area contributed by atoms with E-state index in [1.807, 2.05) is 30.0 Å². The van der Waals surface area contributed by atoms with Gasteiger partial charge in [0.1, 0.15) is 12.0 Å². The third-order valence-corrected chi connectivity index (χ3v) is 4.82. The SMILES string of the molecule is Cl.Cl.NCc1cc(C(=O)Nc2ccccc2CN2CCSCC2)co1. The Bertz CT molecular complexity index is 675. The van der Waals surface area contributed by atoms with Crippen LogP contribution in [-0.2, 0) is 13.1 Å². The summed E-state index contributed by atoms with van der Waals surface area (Å²) in [5.74, 6) is 2.78. The molecule has 138 valence electrons. The van der Waals surface area contributed by atoms with Crippen molar-refractivity contribution >= 4 is 48.2 Å². The molecule has 0 unspecified atom stereocenters. The third kappa shape index (κ3) is 5.94. The van der Waals surface area contributed by atoms with Crippen LogP contribution in [0.25, 0.3) is 0 Å². The monoisotopic (exact) mass is 403 g/mol. The average Bonchev–Trinajstić information content (AvgIpc) is 3.07. The van der Waals surface area contributed by atoms with Crippen LogP contribution in [0.15, 0.2) is 41.0 Å². The fourth-order valence-electron chi connectivity index (χ4n) is 2.58. The van der Waals surface area contributed by atoms with Crippen molar-refractivity contribution in [2.75, 3.05) is 29.9 Å². The summed E-state index contributed by atoms with van der Waals surface area (Å²) in [7, 11) is 0. The molecule has 2 heterocycles. The second kappa shape index (κ2) is 10.7. The molecular weight excluding hydrogens is 381 g/mol. The zero-order valence-electron chi connectivity index (χ0n) is 13.8. The first-order valence-electron chi connectivity index (χ1n) is 7.73. The number of para-hydroxylation sites is 1. The fraction of sp³-hybridized carbons (Fsp3) is 0.353. The topological polar surface area (TPSA) is 71.5 Å². The molecule has 0 aliphatic carbocycles. The highest BCUT2D eigenvalue weighted by Gasteiger charge is 2.15.